The normalized spacial score (nSPS) is 11.2. The van der Waals surface area contributed by atoms with Gasteiger partial charge in [0.1, 0.15) is 6.61 Å². The summed E-state index contributed by atoms with van der Waals surface area (Å²) in [4.78, 5) is 23.6. The molecule has 180 valence electrons. The lowest BCUT2D eigenvalue weighted by atomic mass is 10.1. The minimum absolute atomic E-state index is 0.0143. The molecule has 0 spiro atoms. The summed E-state index contributed by atoms with van der Waals surface area (Å²) in [6.45, 7) is 2.94. The molecule has 0 radical (unpaired) electrons. The Labute approximate surface area is 189 Å². The van der Waals surface area contributed by atoms with Crippen LogP contribution in [0.2, 0.25) is 0 Å². The Bertz CT molecular complexity index is 904. The van der Waals surface area contributed by atoms with Gasteiger partial charge in [-0.25, -0.2) is 4.79 Å². The van der Waals surface area contributed by atoms with Crippen LogP contribution in [0.1, 0.15) is 29.3 Å². The maximum absolute atomic E-state index is 12.9. The summed E-state index contributed by atoms with van der Waals surface area (Å²) in [7, 11) is 0. The zero-order chi connectivity index (χ0) is 24.1. The monoisotopic (exact) mass is 469 g/mol. The van der Waals surface area contributed by atoms with E-state index >= 15 is 0 Å². The van der Waals surface area contributed by atoms with Crippen LogP contribution in [-0.2, 0) is 29.9 Å². The van der Waals surface area contributed by atoms with E-state index in [1.807, 2.05) is 0 Å². The number of anilines is 2. The zero-order valence-electron chi connectivity index (χ0n) is 18.2. The Balaban J connectivity index is 1.75. The molecule has 2 aromatic carbocycles. The van der Waals surface area contributed by atoms with Gasteiger partial charge in [-0.2, -0.15) is 13.2 Å². The molecule has 0 aliphatic carbocycles. The fraction of sp³-hybridized carbons (Fsp3) is 0.391. The Kier molecular flexibility index (Phi) is 10.6. The van der Waals surface area contributed by atoms with E-state index in [1.165, 1.54) is 18.2 Å². The third-order valence-electron chi connectivity index (χ3n) is 4.20. The van der Waals surface area contributed by atoms with Gasteiger partial charge in [0, 0.05) is 5.69 Å². The number of para-hydroxylation sites is 1. The Morgan fingerprint density at radius 2 is 1.58 bits per heavy atom. The van der Waals surface area contributed by atoms with Crippen molar-refractivity contribution in [2.75, 3.05) is 45.0 Å². The molecule has 0 aliphatic heterocycles. The largest absolute Gasteiger partial charge is 0.466 e. The second kappa shape index (κ2) is 13.4. The van der Waals surface area contributed by atoms with Crippen molar-refractivity contribution < 1.29 is 41.7 Å². The summed E-state index contributed by atoms with van der Waals surface area (Å²) >= 11 is 0. The highest BCUT2D eigenvalue weighted by atomic mass is 19.4. The lowest BCUT2D eigenvalue weighted by Gasteiger charge is -2.13. The first-order chi connectivity index (χ1) is 15.8. The second-order valence-electron chi connectivity index (χ2n) is 6.66. The number of carbonyl (C=O) groups excluding carboxylic acids is 2. The van der Waals surface area contributed by atoms with E-state index < -0.39 is 17.7 Å². The number of hydrogen-bond acceptors (Lipinski definition) is 7. The fourth-order valence-corrected chi connectivity index (χ4v) is 2.68. The van der Waals surface area contributed by atoms with Gasteiger partial charge in [0.25, 0.3) is 0 Å². The summed E-state index contributed by atoms with van der Waals surface area (Å²) < 4.78 is 59.3. The summed E-state index contributed by atoms with van der Waals surface area (Å²) in [5.74, 6) is -0.965. The van der Waals surface area contributed by atoms with Crippen molar-refractivity contribution in [1.29, 1.82) is 0 Å². The van der Waals surface area contributed by atoms with Crippen LogP contribution in [0.4, 0.5) is 24.5 Å². The van der Waals surface area contributed by atoms with Crippen molar-refractivity contribution in [2.24, 2.45) is 0 Å². The zero-order valence-corrected chi connectivity index (χ0v) is 18.2. The number of carbonyl (C=O) groups is 2. The molecule has 0 atom stereocenters. The molecule has 0 saturated heterocycles. The van der Waals surface area contributed by atoms with Gasteiger partial charge < -0.3 is 24.3 Å². The summed E-state index contributed by atoms with van der Waals surface area (Å²) in [6.07, 6.45) is -4.30. The summed E-state index contributed by atoms with van der Waals surface area (Å²) in [5, 5.41) is 2.83. The molecule has 0 aliphatic rings. The molecular weight excluding hydrogens is 443 g/mol. The average molecular weight is 469 g/mol. The quantitative estimate of drug-likeness (QED) is 0.339. The number of ether oxygens (including phenoxy) is 4. The minimum atomic E-state index is -4.47. The van der Waals surface area contributed by atoms with Gasteiger partial charge in [-0.1, -0.05) is 18.2 Å². The van der Waals surface area contributed by atoms with Crippen LogP contribution in [0, 0.1) is 0 Å². The maximum atomic E-state index is 12.9. The molecule has 2 aromatic rings. The fourth-order valence-electron chi connectivity index (χ4n) is 2.68. The summed E-state index contributed by atoms with van der Waals surface area (Å²) in [6, 6.07) is 11.0. The predicted octanol–water partition coefficient (Wildman–Crippen LogP) is 4.59. The van der Waals surface area contributed by atoms with Crippen LogP contribution in [0.25, 0.3) is 0 Å². The Morgan fingerprint density at radius 1 is 0.879 bits per heavy atom. The van der Waals surface area contributed by atoms with Crippen LogP contribution < -0.4 is 5.32 Å². The van der Waals surface area contributed by atoms with E-state index in [2.05, 4.69) is 5.32 Å². The average Bonchev–Trinajstić information content (AvgIpc) is 2.78. The number of rotatable bonds is 13. The van der Waals surface area contributed by atoms with E-state index in [-0.39, 0.29) is 56.7 Å². The van der Waals surface area contributed by atoms with E-state index in [4.69, 9.17) is 18.9 Å². The van der Waals surface area contributed by atoms with Crippen molar-refractivity contribution in [1.82, 2.24) is 0 Å². The van der Waals surface area contributed by atoms with Gasteiger partial charge in [0.2, 0.25) is 0 Å². The first kappa shape index (κ1) is 26.1. The number of hydrogen-bond donors (Lipinski definition) is 1. The van der Waals surface area contributed by atoms with Gasteiger partial charge in [0.05, 0.1) is 56.3 Å². The molecule has 0 aromatic heterocycles. The third-order valence-corrected chi connectivity index (χ3v) is 4.20. The highest BCUT2D eigenvalue weighted by Crippen LogP contribution is 2.32. The smallest absolute Gasteiger partial charge is 0.416 e. The third kappa shape index (κ3) is 9.50. The van der Waals surface area contributed by atoms with Gasteiger partial charge in [-0.05, 0) is 37.3 Å². The molecule has 7 nitrogen and oxygen atoms in total. The molecule has 2 rings (SSSR count). The highest BCUT2D eigenvalue weighted by Gasteiger charge is 2.30. The summed E-state index contributed by atoms with van der Waals surface area (Å²) in [5.41, 5.74) is -0.110. The van der Waals surface area contributed by atoms with E-state index in [1.54, 1.807) is 25.1 Å². The topological polar surface area (TPSA) is 83.1 Å². The van der Waals surface area contributed by atoms with Crippen LogP contribution in [0.5, 0.6) is 0 Å². The first-order valence-electron chi connectivity index (χ1n) is 10.3. The number of nitrogens with one attached hydrogen (secondary N) is 1. The molecule has 0 saturated carbocycles. The van der Waals surface area contributed by atoms with Crippen LogP contribution in [0.3, 0.4) is 0 Å². The molecule has 0 unspecified atom stereocenters. The highest BCUT2D eigenvalue weighted by molar-refractivity contribution is 5.96. The van der Waals surface area contributed by atoms with E-state index in [9.17, 15) is 22.8 Å². The molecule has 33 heavy (non-hydrogen) atoms. The predicted molar refractivity (Wildman–Crippen MR) is 114 cm³/mol. The van der Waals surface area contributed by atoms with Crippen molar-refractivity contribution in [3.05, 3.63) is 59.7 Å². The number of esters is 2. The standard InChI is InChI=1S/C23H26F3NO6/c1-2-32-21(28)10-11-30-12-13-31-14-15-33-22(29)19-8-3-4-9-20(19)27-18-7-5-6-17(16-18)23(24,25)26/h3-9,16,27H,2,10-15H2,1H3. The SMILES string of the molecule is CCOC(=O)CCOCCOCCOC(=O)c1ccccc1Nc1cccc(C(F)(F)F)c1. The molecule has 0 amide bonds. The van der Waals surface area contributed by atoms with Crippen molar-refractivity contribution in [3.8, 4) is 0 Å². The van der Waals surface area contributed by atoms with Gasteiger partial charge >= 0.3 is 18.1 Å². The van der Waals surface area contributed by atoms with E-state index in [0.717, 1.165) is 12.1 Å². The maximum Gasteiger partial charge on any atom is 0.416 e. The van der Waals surface area contributed by atoms with Gasteiger partial charge in [-0.15, -0.1) is 0 Å². The van der Waals surface area contributed by atoms with Crippen molar-refractivity contribution in [3.63, 3.8) is 0 Å². The number of benzene rings is 2. The molecule has 0 fully saturated rings. The Morgan fingerprint density at radius 3 is 2.30 bits per heavy atom. The minimum Gasteiger partial charge on any atom is -0.466 e. The van der Waals surface area contributed by atoms with Crippen molar-refractivity contribution in [2.45, 2.75) is 19.5 Å². The molecule has 1 N–H and O–H groups in total. The molecule has 10 heteroatoms. The van der Waals surface area contributed by atoms with Crippen LogP contribution in [0.15, 0.2) is 48.5 Å². The number of alkyl halides is 3. The molecule has 0 heterocycles. The lowest BCUT2D eigenvalue weighted by molar-refractivity contribution is -0.144. The molecular formula is C23H26F3NO6. The van der Waals surface area contributed by atoms with Gasteiger partial charge in [-0.3, -0.25) is 4.79 Å². The van der Waals surface area contributed by atoms with Crippen LogP contribution >= 0.6 is 0 Å². The lowest BCUT2D eigenvalue weighted by Crippen LogP contribution is -2.15. The second-order valence-corrected chi connectivity index (χ2v) is 6.66. The first-order valence-corrected chi connectivity index (χ1v) is 10.3. The van der Waals surface area contributed by atoms with Gasteiger partial charge in [0.15, 0.2) is 0 Å². The molecule has 0 bridgehead atoms. The van der Waals surface area contributed by atoms with Crippen molar-refractivity contribution >= 4 is 23.3 Å². The van der Waals surface area contributed by atoms with E-state index in [0.29, 0.717) is 12.3 Å². The number of halogens is 3. The van der Waals surface area contributed by atoms with Crippen LogP contribution in [-0.4, -0.2) is 51.6 Å². The Hall–Kier alpha value is -3.11.